The molecule has 0 spiro atoms. The van der Waals surface area contributed by atoms with E-state index in [0.717, 1.165) is 11.1 Å². The molecule has 0 aliphatic rings. The number of halogens is 1. The summed E-state index contributed by atoms with van der Waals surface area (Å²) in [5.74, 6) is 0.0506. The van der Waals surface area contributed by atoms with E-state index in [2.05, 4.69) is 0 Å². The van der Waals surface area contributed by atoms with Crippen LogP contribution < -0.4 is 0 Å². The molecule has 0 aliphatic carbocycles. The van der Waals surface area contributed by atoms with Crippen LogP contribution in [0.25, 0.3) is 0 Å². The Hall–Kier alpha value is -1.31. The number of benzene rings is 2. The normalized spacial score (nSPS) is 14.3. The summed E-state index contributed by atoms with van der Waals surface area (Å²) in [7, 11) is 0. The van der Waals surface area contributed by atoms with Gasteiger partial charge in [-0.25, -0.2) is 0 Å². The molecule has 17 heavy (non-hydrogen) atoms. The van der Waals surface area contributed by atoms with Crippen LogP contribution in [0, 0.1) is 0 Å². The molecular weight excluding hydrogens is 232 g/mol. The highest BCUT2D eigenvalue weighted by Gasteiger charge is 2.17. The quantitative estimate of drug-likeness (QED) is 0.862. The standard InChI is InChI=1S/C15H15ClO/c1-11(12-6-3-2-4-7-12)15(17)13-8-5-9-14(16)10-13/h2-11,15,17H,1H3. The van der Waals surface area contributed by atoms with Crippen LogP contribution in [0.15, 0.2) is 54.6 Å². The number of aliphatic hydroxyl groups is 1. The van der Waals surface area contributed by atoms with Gasteiger partial charge < -0.3 is 5.11 Å². The van der Waals surface area contributed by atoms with E-state index in [0.29, 0.717) is 5.02 Å². The average Bonchev–Trinajstić information content (AvgIpc) is 2.38. The molecule has 0 radical (unpaired) electrons. The third-order valence-corrected chi connectivity index (χ3v) is 3.22. The minimum atomic E-state index is -0.531. The van der Waals surface area contributed by atoms with Crippen LogP contribution in [0.5, 0.6) is 0 Å². The van der Waals surface area contributed by atoms with Gasteiger partial charge in [0.15, 0.2) is 0 Å². The third kappa shape index (κ3) is 2.87. The molecule has 0 saturated carbocycles. The molecule has 0 aliphatic heterocycles. The largest absolute Gasteiger partial charge is 0.388 e. The second kappa shape index (κ2) is 5.35. The summed E-state index contributed by atoms with van der Waals surface area (Å²) in [6, 6.07) is 17.4. The summed E-state index contributed by atoms with van der Waals surface area (Å²) in [5, 5.41) is 11.0. The second-order valence-electron chi connectivity index (χ2n) is 4.20. The zero-order valence-corrected chi connectivity index (χ0v) is 10.4. The van der Waals surface area contributed by atoms with Gasteiger partial charge in [0.1, 0.15) is 0 Å². The second-order valence-corrected chi connectivity index (χ2v) is 4.64. The Labute approximate surface area is 107 Å². The molecule has 0 amide bonds. The molecule has 1 nitrogen and oxygen atoms in total. The highest BCUT2D eigenvalue weighted by atomic mass is 35.5. The van der Waals surface area contributed by atoms with Crippen LogP contribution in [-0.4, -0.2) is 5.11 Å². The smallest absolute Gasteiger partial charge is 0.0856 e. The van der Waals surface area contributed by atoms with Crippen LogP contribution in [0.1, 0.15) is 30.1 Å². The van der Waals surface area contributed by atoms with Gasteiger partial charge in [-0.1, -0.05) is 61.0 Å². The van der Waals surface area contributed by atoms with Gasteiger partial charge in [-0.3, -0.25) is 0 Å². The van der Waals surface area contributed by atoms with Gasteiger partial charge in [0.2, 0.25) is 0 Å². The van der Waals surface area contributed by atoms with Crippen molar-refractivity contribution in [3.8, 4) is 0 Å². The highest BCUT2D eigenvalue weighted by molar-refractivity contribution is 6.30. The van der Waals surface area contributed by atoms with E-state index < -0.39 is 6.10 Å². The van der Waals surface area contributed by atoms with Crippen molar-refractivity contribution in [3.05, 3.63) is 70.7 Å². The first kappa shape index (κ1) is 12.2. The lowest BCUT2D eigenvalue weighted by Crippen LogP contribution is -2.07. The van der Waals surface area contributed by atoms with Crippen molar-refractivity contribution in [1.29, 1.82) is 0 Å². The van der Waals surface area contributed by atoms with Crippen LogP contribution in [0.2, 0.25) is 5.02 Å². The number of hydrogen-bond donors (Lipinski definition) is 1. The molecule has 1 N–H and O–H groups in total. The molecule has 88 valence electrons. The minimum Gasteiger partial charge on any atom is -0.388 e. The topological polar surface area (TPSA) is 20.2 Å². The molecule has 0 bridgehead atoms. The van der Waals surface area contributed by atoms with E-state index in [1.54, 1.807) is 0 Å². The van der Waals surface area contributed by atoms with E-state index in [1.807, 2.05) is 61.5 Å². The van der Waals surface area contributed by atoms with Gasteiger partial charge in [-0.05, 0) is 23.3 Å². The summed E-state index contributed by atoms with van der Waals surface area (Å²) in [6.07, 6.45) is -0.531. The van der Waals surface area contributed by atoms with Gasteiger partial charge in [0.25, 0.3) is 0 Å². The van der Waals surface area contributed by atoms with Crippen molar-refractivity contribution < 1.29 is 5.11 Å². The Bertz CT molecular complexity index is 481. The fourth-order valence-corrected chi connectivity index (χ4v) is 2.12. The lowest BCUT2D eigenvalue weighted by Gasteiger charge is -2.19. The Morgan fingerprint density at radius 3 is 2.24 bits per heavy atom. The van der Waals surface area contributed by atoms with E-state index in [1.165, 1.54) is 0 Å². The summed E-state index contributed by atoms with van der Waals surface area (Å²) in [6.45, 7) is 2.01. The number of hydrogen-bond acceptors (Lipinski definition) is 1. The zero-order chi connectivity index (χ0) is 12.3. The van der Waals surface area contributed by atoms with Crippen LogP contribution in [-0.2, 0) is 0 Å². The van der Waals surface area contributed by atoms with Crippen molar-refractivity contribution >= 4 is 11.6 Å². The lowest BCUT2D eigenvalue weighted by atomic mass is 9.91. The average molecular weight is 247 g/mol. The molecular formula is C15H15ClO. The molecule has 0 aromatic heterocycles. The summed E-state index contributed by atoms with van der Waals surface area (Å²) in [4.78, 5) is 0. The predicted molar refractivity (Wildman–Crippen MR) is 71.3 cm³/mol. The lowest BCUT2D eigenvalue weighted by molar-refractivity contribution is 0.151. The van der Waals surface area contributed by atoms with Crippen LogP contribution in [0.3, 0.4) is 0 Å². The molecule has 2 heteroatoms. The van der Waals surface area contributed by atoms with Crippen LogP contribution >= 0.6 is 11.6 Å². The van der Waals surface area contributed by atoms with E-state index in [-0.39, 0.29) is 5.92 Å². The molecule has 2 aromatic rings. The molecule has 0 fully saturated rings. The van der Waals surface area contributed by atoms with E-state index >= 15 is 0 Å². The maximum atomic E-state index is 10.3. The first-order valence-electron chi connectivity index (χ1n) is 5.67. The molecule has 0 saturated heterocycles. The van der Waals surface area contributed by atoms with Gasteiger partial charge >= 0.3 is 0 Å². The predicted octanol–water partition coefficient (Wildman–Crippen LogP) is 4.18. The maximum absolute atomic E-state index is 10.3. The van der Waals surface area contributed by atoms with Gasteiger partial charge in [-0.15, -0.1) is 0 Å². The zero-order valence-electron chi connectivity index (χ0n) is 9.68. The first-order valence-corrected chi connectivity index (χ1v) is 6.05. The Kier molecular flexibility index (Phi) is 3.82. The fraction of sp³-hybridized carbons (Fsp3) is 0.200. The van der Waals surface area contributed by atoms with Crippen molar-refractivity contribution in [2.45, 2.75) is 18.9 Å². The van der Waals surface area contributed by atoms with Crippen LogP contribution in [0.4, 0.5) is 0 Å². The molecule has 2 aromatic carbocycles. The van der Waals surface area contributed by atoms with Gasteiger partial charge in [0, 0.05) is 10.9 Å². The third-order valence-electron chi connectivity index (χ3n) is 2.99. The maximum Gasteiger partial charge on any atom is 0.0856 e. The highest BCUT2D eigenvalue weighted by Crippen LogP contribution is 2.31. The van der Waals surface area contributed by atoms with Crippen molar-refractivity contribution in [3.63, 3.8) is 0 Å². The fourth-order valence-electron chi connectivity index (χ4n) is 1.92. The van der Waals surface area contributed by atoms with Gasteiger partial charge in [-0.2, -0.15) is 0 Å². The minimum absolute atomic E-state index is 0.0506. The summed E-state index contributed by atoms with van der Waals surface area (Å²) in [5.41, 5.74) is 1.98. The molecule has 2 rings (SSSR count). The van der Waals surface area contributed by atoms with Crippen molar-refractivity contribution in [2.75, 3.05) is 0 Å². The molecule has 2 atom stereocenters. The van der Waals surface area contributed by atoms with Gasteiger partial charge in [0.05, 0.1) is 6.10 Å². The monoisotopic (exact) mass is 246 g/mol. The van der Waals surface area contributed by atoms with Crippen molar-refractivity contribution in [1.82, 2.24) is 0 Å². The Morgan fingerprint density at radius 1 is 0.941 bits per heavy atom. The van der Waals surface area contributed by atoms with E-state index in [4.69, 9.17) is 11.6 Å². The number of aliphatic hydroxyl groups excluding tert-OH is 1. The first-order chi connectivity index (χ1) is 8.18. The van der Waals surface area contributed by atoms with Crippen molar-refractivity contribution in [2.24, 2.45) is 0 Å². The molecule has 0 heterocycles. The number of rotatable bonds is 3. The summed E-state index contributed by atoms with van der Waals surface area (Å²) >= 11 is 5.93. The Morgan fingerprint density at radius 2 is 1.59 bits per heavy atom. The Balaban J connectivity index is 2.23. The summed E-state index contributed by atoms with van der Waals surface area (Å²) < 4.78 is 0. The van der Waals surface area contributed by atoms with E-state index in [9.17, 15) is 5.11 Å². The SMILES string of the molecule is CC(c1ccccc1)C(O)c1cccc(Cl)c1. The molecule has 2 unspecified atom stereocenters.